The van der Waals surface area contributed by atoms with Crippen molar-refractivity contribution in [3.8, 4) is 22.9 Å². The van der Waals surface area contributed by atoms with Crippen molar-refractivity contribution in [2.24, 2.45) is 0 Å². The van der Waals surface area contributed by atoms with Crippen LogP contribution < -0.4 is 4.74 Å². The molecule has 0 aliphatic carbocycles. The summed E-state index contributed by atoms with van der Waals surface area (Å²) in [5.74, 6) is 0.254. The van der Waals surface area contributed by atoms with Crippen molar-refractivity contribution in [3.63, 3.8) is 0 Å². The maximum absolute atomic E-state index is 13.2. The number of aromatic nitrogens is 2. The van der Waals surface area contributed by atoms with Gasteiger partial charge in [-0.05, 0) is 47.5 Å². The monoisotopic (exact) mass is 430 g/mol. The van der Waals surface area contributed by atoms with E-state index in [1.165, 1.54) is 6.07 Å². The molecule has 0 spiro atoms. The Balaban J connectivity index is 1.72. The van der Waals surface area contributed by atoms with Crippen LogP contribution in [0.2, 0.25) is 0 Å². The maximum Gasteiger partial charge on any atom is 0.416 e. The summed E-state index contributed by atoms with van der Waals surface area (Å²) in [5, 5.41) is 12.1. The van der Waals surface area contributed by atoms with Crippen molar-refractivity contribution in [2.45, 2.75) is 13.1 Å². The molecule has 0 aliphatic heterocycles. The molecule has 0 fully saturated rings. The minimum atomic E-state index is -4.47. The molecular weight excluding hydrogens is 413 g/mol. The summed E-state index contributed by atoms with van der Waals surface area (Å²) >= 11 is 0. The van der Waals surface area contributed by atoms with Crippen LogP contribution in [0.25, 0.3) is 32.8 Å². The molecule has 5 aromatic rings. The van der Waals surface area contributed by atoms with Crippen LogP contribution in [0.3, 0.4) is 0 Å². The van der Waals surface area contributed by atoms with Crippen LogP contribution in [0.5, 0.6) is 11.6 Å². The van der Waals surface area contributed by atoms with E-state index in [0.29, 0.717) is 16.6 Å². The fraction of sp³-hybridized carbons (Fsp3) is 0.0769. The second kappa shape index (κ2) is 7.64. The van der Waals surface area contributed by atoms with E-state index in [1.54, 1.807) is 6.92 Å². The first-order valence-electron chi connectivity index (χ1n) is 10.0. The summed E-state index contributed by atoms with van der Waals surface area (Å²) in [6.07, 6.45) is -4.47. The van der Waals surface area contributed by atoms with Crippen LogP contribution >= 0.6 is 0 Å². The molecule has 0 atom stereocenters. The smallest absolute Gasteiger partial charge is 0.416 e. The maximum atomic E-state index is 13.2. The van der Waals surface area contributed by atoms with Gasteiger partial charge in [0.2, 0.25) is 5.88 Å². The Morgan fingerprint density at radius 3 is 2.06 bits per heavy atom. The zero-order valence-corrected chi connectivity index (χ0v) is 17.0. The molecule has 0 aliphatic rings. The van der Waals surface area contributed by atoms with E-state index < -0.39 is 11.7 Å². The number of rotatable bonds is 3. The first-order valence-corrected chi connectivity index (χ1v) is 10.0. The summed E-state index contributed by atoms with van der Waals surface area (Å²) in [4.78, 5) is 0. The Hall–Kier alpha value is -3.93. The van der Waals surface area contributed by atoms with E-state index in [9.17, 15) is 13.2 Å². The number of aryl methyl sites for hydroxylation is 1. The van der Waals surface area contributed by atoms with Crippen molar-refractivity contribution < 1.29 is 17.9 Å². The zero-order chi connectivity index (χ0) is 22.3. The van der Waals surface area contributed by atoms with Gasteiger partial charge in [-0.25, -0.2) is 0 Å². The standard InChI is InChI=1S/C26H17F3N2O/c1-16-11-12-20(26(27,28)29)15-23(16)32-25-22-14-19-10-6-5-9-18(19)13-21(22)24(30-31-25)17-7-3-2-4-8-17/h2-15H,1H3. The molecule has 6 heteroatoms. The topological polar surface area (TPSA) is 35.0 Å². The molecule has 32 heavy (non-hydrogen) atoms. The Morgan fingerprint density at radius 2 is 1.38 bits per heavy atom. The van der Waals surface area contributed by atoms with Crippen LogP contribution in [0.15, 0.2) is 84.9 Å². The highest BCUT2D eigenvalue weighted by molar-refractivity contribution is 6.05. The lowest BCUT2D eigenvalue weighted by Gasteiger charge is -2.14. The van der Waals surface area contributed by atoms with Gasteiger partial charge in [0.1, 0.15) is 11.4 Å². The highest BCUT2D eigenvalue weighted by Crippen LogP contribution is 2.38. The van der Waals surface area contributed by atoms with E-state index in [2.05, 4.69) is 10.2 Å². The number of hydrogen-bond acceptors (Lipinski definition) is 3. The minimum Gasteiger partial charge on any atom is -0.437 e. The molecule has 3 nitrogen and oxygen atoms in total. The van der Waals surface area contributed by atoms with Crippen molar-refractivity contribution >= 4 is 21.5 Å². The number of ether oxygens (including phenoxy) is 1. The van der Waals surface area contributed by atoms with Crippen molar-refractivity contribution in [1.82, 2.24) is 10.2 Å². The molecule has 0 saturated heterocycles. The molecule has 0 amide bonds. The van der Waals surface area contributed by atoms with E-state index >= 15 is 0 Å². The molecule has 1 aromatic heterocycles. The van der Waals surface area contributed by atoms with Crippen molar-refractivity contribution in [3.05, 3.63) is 96.1 Å². The van der Waals surface area contributed by atoms with E-state index in [1.807, 2.05) is 66.7 Å². The van der Waals surface area contributed by atoms with Gasteiger partial charge in [-0.1, -0.05) is 60.7 Å². The molecule has 0 N–H and O–H groups in total. The number of halogens is 3. The van der Waals surface area contributed by atoms with Gasteiger partial charge in [-0.3, -0.25) is 0 Å². The summed E-state index contributed by atoms with van der Waals surface area (Å²) in [5.41, 5.74) is 1.36. The molecule has 4 aromatic carbocycles. The SMILES string of the molecule is Cc1ccc(C(F)(F)F)cc1Oc1nnc(-c2ccccc2)c2cc3ccccc3cc12. The number of fused-ring (bicyclic) bond motifs is 2. The molecular formula is C26H17F3N2O. The highest BCUT2D eigenvalue weighted by atomic mass is 19.4. The number of nitrogens with zero attached hydrogens (tertiary/aromatic N) is 2. The molecule has 0 radical (unpaired) electrons. The van der Waals surface area contributed by atoms with E-state index in [0.717, 1.165) is 33.9 Å². The van der Waals surface area contributed by atoms with Gasteiger partial charge in [0.05, 0.1) is 5.56 Å². The molecule has 0 saturated carbocycles. The fourth-order valence-electron chi connectivity index (χ4n) is 3.69. The lowest BCUT2D eigenvalue weighted by atomic mass is 10.0. The van der Waals surface area contributed by atoms with Gasteiger partial charge in [0.25, 0.3) is 0 Å². The van der Waals surface area contributed by atoms with Crippen LogP contribution in [0.4, 0.5) is 13.2 Å². The number of hydrogen-bond donors (Lipinski definition) is 0. The van der Waals surface area contributed by atoms with E-state index in [4.69, 9.17) is 4.74 Å². The average Bonchev–Trinajstić information content (AvgIpc) is 2.79. The molecule has 1 heterocycles. The van der Waals surface area contributed by atoms with Crippen molar-refractivity contribution in [2.75, 3.05) is 0 Å². The highest BCUT2D eigenvalue weighted by Gasteiger charge is 2.31. The third-order valence-electron chi connectivity index (χ3n) is 5.38. The summed E-state index contributed by atoms with van der Waals surface area (Å²) in [6.45, 7) is 1.69. The van der Waals surface area contributed by atoms with Crippen LogP contribution in [-0.4, -0.2) is 10.2 Å². The van der Waals surface area contributed by atoms with Crippen LogP contribution in [0.1, 0.15) is 11.1 Å². The zero-order valence-electron chi connectivity index (χ0n) is 17.0. The fourth-order valence-corrected chi connectivity index (χ4v) is 3.69. The first-order chi connectivity index (χ1) is 15.4. The second-order valence-electron chi connectivity index (χ2n) is 7.54. The molecule has 0 unspecified atom stereocenters. The quantitative estimate of drug-likeness (QED) is 0.277. The van der Waals surface area contributed by atoms with Gasteiger partial charge in [-0.15, -0.1) is 10.2 Å². The predicted molar refractivity (Wildman–Crippen MR) is 119 cm³/mol. The van der Waals surface area contributed by atoms with Gasteiger partial charge < -0.3 is 4.74 Å². The van der Waals surface area contributed by atoms with Crippen molar-refractivity contribution in [1.29, 1.82) is 0 Å². The summed E-state index contributed by atoms with van der Waals surface area (Å²) < 4.78 is 45.6. The van der Waals surface area contributed by atoms with Crippen LogP contribution in [-0.2, 0) is 6.18 Å². The van der Waals surface area contributed by atoms with E-state index in [-0.39, 0.29) is 11.6 Å². The normalized spacial score (nSPS) is 11.8. The Labute approximate surface area is 182 Å². The van der Waals surface area contributed by atoms with Gasteiger partial charge >= 0.3 is 6.18 Å². The minimum absolute atomic E-state index is 0.0936. The lowest BCUT2D eigenvalue weighted by molar-refractivity contribution is -0.137. The average molecular weight is 430 g/mol. The molecule has 158 valence electrons. The number of alkyl halides is 3. The predicted octanol–water partition coefficient (Wildman–Crippen LogP) is 7.57. The lowest BCUT2D eigenvalue weighted by Crippen LogP contribution is -2.05. The Kier molecular flexibility index (Phi) is 4.78. The first kappa shape index (κ1) is 20.0. The third-order valence-corrected chi connectivity index (χ3v) is 5.38. The third kappa shape index (κ3) is 3.64. The Morgan fingerprint density at radius 1 is 0.719 bits per heavy atom. The Bertz CT molecular complexity index is 1450. The molecule has 5 rings (SSSR count). The summed E-state index contributed by atoms with van der Waals surface area (Å²) in [7, 11) is 0. The second-order valence-corrected chi connectivity index (χ2v) is 7.54. The van der Waals surface area contributed by atoms with Gasteiger partial charge in [0.15, 0.2) is 0 Å². The summed E-state index contributed by atoms with van der Waals surface area (Å²) in [6, 6.07) is 24.9. The van der Waals surface area contributed by atoms with Gasteiger partial charge in [0, 0.05) is 16.3 Å². The molecule has 0 bridgehead atoms. The van der Waals surface area contributed by atoms with Crippen LogP contribution in [0, 0.1) is 6.92 Å². The van der Waals surface area contributed by atoms with Gasteiger partial charge in [-0.2, -0.15) is 13.2 Å². The largest absolute Gasteiger partial charge is 0.437 e. The number of benzene rings is 4.